The van der Waals surface area contributed by atoms with Crippen LogP contribution in [0.5, 0.6) is 0 Å². The second kappa shape index (κ2) is 9.09. The minimum Gasteiger partial charge on any atom is -0.399 e. The van der Waals surface area contributed by atoms with Gasteiger partial charge in [-0.15, -0.1) is 0 Å². The minimum absolute atomic E-state index is 0.865. The Balaban J connectivity index is 1.95. The van der Waals surface area contributed by atoms with Gasteiger partial charge in [0, 0.05) is 5.69 Å². The molecule has 96 valence electrons. The summed E-state index contributed by atoms with van der Waals surface area (Å²) in [5.74, 6) is 0. The molecular formula is C16H27N. The molecule has 0 fully saturated rings. The Hall–Kier alpha value is -0.980. The molecule has 0 radical (unpaired) electrons. The number of anilines is 1. The van der Waals surface area contributed by atoms with Crippen LogP contribution in [0.3, 0.4) is 0 Å². The minimum atomic E-state index is 0.865. The molecule has 1 rings (SSSR count). The molecule has 0 aliphatic carbocycles. The molecule has 1 nitrogen and oxygen atoms in total. The Morgan fingerprint density at radius 1 is 0.765 bits per heavy atom. The van der Waals surface area contributed by atoms with E-state index < -0.39 is 0 Å². The van der Waals surface area contributed by atoms with Gasteiger partial charge in [0.1, 0.15) is 0 Å². The molecule has 17 heavy (non-hydrogen) atoms. The number of aryl methyl sites for hydroxylation is 1. The highest BCUT2D eigenvalue weighted by Crippen LogP contribution is 2.12. The van der Waals surface area contributed by atoms with Crippen molar-refractivity contribution in [2.75, 3.05) is 5.73 Å². The number of nitrogen functional groups attached to an aromatic ring is 1. The third-order valence-electron chi connectivity index (χ3n) is 3.30. The first-order chi connectivity index (χ1) is 8.33. The molecule has 0 aliphatic heterocycles. The van der Waals surface area contributed by atoms with Crippen molar-refractivity contribution in [2.45, 2.75) is 64.7 Å². The summed E-state index contributed by atoms with van der Waals surface area (Å²) in [5, 5.41) is 0. The predicted molar refractivity (Wildman–Crippen MR) is 77.2 cm³/mol. The summed E-state index contributed by atoms with van der Waals surface area (Å²) < 4.78 is 0. The highest BCUT2D eigenvalue weighted by atomic mass is 14.5. The molecule has 0 aromatic heterocycles. The van der Waals surface area contributed by atoms with Crippen LogP contribution in [-0.2, 0) is 6.42 Å². The number of unbranched alkanes of at least 4 members (excludes halogenated alkanes) is 7. The normalized spacial score (nSPS) is 10.6. The average molecular weight is 233 g/mol. The van der Waals surface area contributed by atoms with E-state index in [0.29, 0.717) is 0 Å². The van der Waals surface area contributed by atoms with Crippen LogP contribution in [0.25, 0.3) is 0 Å². The standard InChI is InChI=1S/C16H27N/c1-2-3-4-5-6-7-8-9-10-15-11-13-16(17)14-12-15/h11-14H,2-10,17H2,1H3. The van der Waals surface area contributed by atoms with Gasteiger partial charge in [0.05, 0.1) is 0 Å². The molecule has 1 aromatic carbocycles. The monoisotopic (exact) mass is 233 g/mol. The fourth-order valence-corrected chi connectivity index (χ4v) is 2.15. The van der Waals surface area contributed by atoms with Crippen LogP contribution in [0, 0.1) is 0 Å². The fourth-order valence-electron chi connectivity index (χ4n) is 2.15. The van der Waals surface area contributed by atoms with E-state index in [1.165, 1.54) is 63.4 Å². The lowest BCUT2D eigenvalue weighted by Gasteiger charge is -2.03. The van der Waals surface area contributed by atoms with Crippen molar-refractivity contribution < 1.29 is 0 Å². The van der Waals surface area contributed by atoms with E-state index in [9.17, 15) is 0 Å². The molecule has 0 unspecified atom stereocenters. The summed E-state index contributed by atoms with van der Waals surface area (Å²) in [7, 11) is 0. The van der Waals surface area contributed by atoms with Gasteiger partial charge in [-0.2, -0.15) is 0 Å². The fraction of sp³-hybridized carbons (Fsp3) is 0.625. The maximum atomic E-state index is 5.66. The largest absolute Gasteiger partial charge is 0.399 e. The molecule has 0 spiro atoms. The van der Waals surface area contributed by atoms with Crippen molar-refractivity contribution >= 4 is 5.69 Å². The molecular weight excluding hydrogens is 206 g/mol. The quantitative estimate of drug-likeness (QED) is 0.474. The molecule has 2 N–H and O–H groups in total. The van der Waals surface area contributed by atoms with E-state index in [-0.39, 0.29) is 0 Å². The SMILES string of the molecule is CCCCCCCCCCc1ccc(N)cc1. The molecule has 0 saturated carbocycles. The topological polar surface area (TPSA) is 26.0 Å². The van der Waals surface area contributed by atoms with Crippen LogP contribution in [0.4, 0.5) is 5.69 Å². The zero-order valence-electron chi connectivity index (χ0n) is 11.3. The van der Waals surface area contributed by atoms with Crippen LogP contribution in [0.1, 0.15) is 63.9 Å². The number of hydrogen-bond acceptors (Lipinski definition) is 1. The summed E-state index contributed by atoms with van der Waals surface area (Å²) in [6, 6.07) is 8.30. The number of rotatable bonds is 9. The smallest absolute Gasteiger partial charge is 0.0314 e. The van der Waals surface area contributed by atoms with Crippen LogP contribution in [0.15, 0.2) is 24.3 Å². The molecule has 0 amide bonds. The summed E-state index contributed by atoms with van der Waals surface area (Å²) in [6.07, 6.45) is 12.3. The summed E-state index contributed by atoms with van der Waals surface area (Å²) in [5.41, 5.74) is 7.95. The zero-order valence-corrected chi connectivity index (χ0v) is 11.3. The number of hydrogen-bond donors (Lipinski definition) is 1. The van der Waals surface area contributed by atoms with Gasteiger partial charge >= 0.3 is 0 Å². The van der Waals surface area contributed by atoms with Gasteiger partial charge in [-0.25, -0.2) is 0 Å². The van der Waals surface area contributed by atoms with Gasteiger partial charge in [0.25, 0.3) is 0 Å². The first-order valence-electron chi connectivity index (χ1n) is 7.17. The van der Waals surface area contributed by atoms with Gasteiger partial charge < -0.3 is 5.73 Å². The van der Waals surface area contributed by atoms with Crippen LogP contribution in [-0.4, -0.2) is 0 Å². The van der Waals surface area contributed by atoms with E-state index in [0.717, 1.165) is 5.69 Å². The van der Waals surface area contributed by atoms with E-state index in [1.807, 2.05) is 12.1 Å². The first kappa shape index (κ1) is 14.1. The second-order valence-electron chi connectivity index (χ2n) is 4.97. The lowest BCUT2D eigenvalue weighted by atomic mass is 10.0. The van der Waals surface area contributed by atoms with Crippen molar-refractivity contribution in [1.82, 2.24) is 0 Å². The van der Waals surface area contributed by atoms with Gasteiger partial charge in [-0.05, 0) is 30.5 Å². The van der Waals surface area contributed by atoms with E-state index >= 15 is 0 Å². The first-order valence-corrected chi connectivity index (χ1v) is 7.17. The number of nitrogens with two attached hydrogens (primary N) is 1. The Morgan fingerprint density at radius 2 is 1.29 bits per heavy atom. The van der Waals surface area contributed by atoms with Crippen LogP contribution in [0.2, 0.25) is 0 Å². The maximum Gasteiger partial charge on any atom is 0.0314 e. The van der Waals surface area contributed by atoms with Crippen molar-refractivity contribution in [1.29, 1.82) is 0 Å². The van der Waals surface area contributed by atoms with Crippen molar-refractivity contribution in [3.05, 3.63) is 29.8 Å². The van der Waals surface area contributed by atoms with Crippen LogP contribution >= 0.6 is 0 Å². The Kier molecular flexibility index (Phi) is 7.53. The van der Waals surface area contributed by atoms with Crippen molar-refractivity contribution in [2.24, 2.45) is 0 Å². The molecule has 1 heteroatoms. The van der Waals surface area contributed by atoms with E-state index in [4.69, 9.17) is 5.73 Å². The van der Waals surface area contributed by atoms with Gasteiger partial charge in [0.15, 0.2) is 0 Å². The van der Waals surface area contributed by atoms with Crippen LogP contribution < -0.4 is 5.73 Å². The Labute approximate surface area is 106 Å². The second-order valence-corrected chi connectivity index (χ2v) is 4.97. The average Bonchev–Trinajstić information content (AvgIpc) is 2.35. The Bertz CT molecular complexity index is 276. The molecule has 0 bridgehead atoms. The molecule has 0 atom stereocenters. The van der Waals surface area contributed by atoms with Gasteiger partial charge in [0.2, 0.25) is 0 Å². The summed E-state index contributed by atoms with van der Waals surface area (Å²) in [4.78, 5) is 0. The molecule has 0 saturated heterocycles. The van der Waals surface area contributed by atoms with Gasteiger partial charge in [-0.3, -0.25) is 0 Å². The maximum absolute atomic E-state index is 5.66. The lowest BCUT2D eigenvalue weighted by molar-refractivity contribution is 0.575. The molecule has 0 heterocycles. The van der Waals surface area contributed by atoms with Crippen molar-refractivity contribution in [3.63, 3.8) is 0 Å². The van der Waals surface area contributed by atoms with E-state index in [2.05, 4.69) is 19.1 Å². The van der Waals surface area contributed by atoms with E-state index in [1.54, 1.807) is 0 Å². The lowest BCUT2D eigenvalue weighted by Crippen LogP contribution is -1.88. The van der Waals surface area contributed by atoms with Crippen molar-refractivity contribution in [3.8, 4) is 0 Å². The summed E-state index contributed by atoms with van der Waals surface area (Å²) >= 11 is 0. The third-order valence-corrected chi connectivity index (χ3v) is 3.30. The third kappa shape index (κ3) is 7.04. The van der Waals surface area contributed by atoms with Gasteiger partial charge in [-0.1, -0.05) is 64.0 Å². The highest BCUT2D eigenvalue weighted by molar-refractivity contribution is 5.39. The Morgan fingerprint density at radius 3 is 1.88 bits per heavy atom. The highest BCUT2D eigenvalue weighted by Gasteiger charge is 1.94. The predicted octanol–water partition coefficient (Wildman–Crippen LogP) is 4.95. The molecule has 1 aromatic rings. The number of benzene rings is 1. The summed E-state index contributed by atoms with van der Waals surface area (Å²) in [6.45, 7) is 2.27. The zero-order chi connectivity index (χ0) is 12.3. The molecule has 0 aliphatic rings.